The van der Waals surface area contributed by atoms with Crippen LogP contribution in [0.3, 0.4) is 0 Å². The Labute approximate surface area is 131 Å². The standard InChI is InChI=1S/C15H15ClFN3O2/c1-9(21)19-2-4-20(5-3-19)15(22)14-7-10-6-12(17)11(16)8-13(10)18-14/h6-8,18H,2-5H2,1H3. The number of aromatic amines is 1. The molecule has 22 heavy (non-hydrogen) atoms. The Kier molecular flexibility index (Phi) is 3.78. The molecule has 7 heteroatoms. The Morgan fingerprint density at radius 1 is 1.14 bits per heavy atom. The van der Waals surface area contributed by atoms with Crippen molar-refractivity contribution >= 4 is 34.3 Å². The van der Waals surface area contributed by atoms with E-state index in [4.69, 9.17) is 11.6 Å². The van der Waals surface area contributed by atoms with Crippen molar-refractivity contribution in [3.63, 3.8) is 0 Å². The van der Waals surface area contributed by atoms with Crippen molar-refractivity contribution in [1.29, 1.82) is 0 Å². The van der Waals surface area contributed by atoms with E-state index in [9.17, 15) is 14.0 Å². The van der Waals surface area contributed by atoms with Crippen LogP contribution >= 0.6 is 11.6 Å². The lowest BCUT2D eigenvalue weighted by molar-refractivity contribution is -0.130. The summed E-state index contributed by atoms with van der Waals surface area (Å²) < 4.78 is 13.5. The molecule has 2 heterocycles. The first-order chi connectivity index (χ1) is 10.5. The summed E-state index contributed by atoms with van der Waals surface area (Å²) in [5.41, 5.74) is 1.02. The van der Waals surface area contributed by atoms with Gasteiger partial charge >= 0.3 is 0 Å². The van der Waals surface area contributed by atoms with Crippen LogP contribution in [-0.4, -0.2) is 52.8 Å². The van der Waals surface area contributed by atoms with Crippen molar-refractivity contribution in [3.05, 3.63) is 34.7 Å². The summed E-state index contributed by atoms with van der Waals surface area (Å²) >= 11 is 5.74. The van der Waals surface area contributed by atoms with E-state index >= 15 is 0 Å². The number of aromatic nitrogens is 1. The molecule has 3 rings (SSSR count). The highest BCUT2D eigenvalue weighted by Gasteiger charge is 2.24. The highest BCUT2D eigenvalue weighted by molar-refractivity contribution is 6.31. The van der Waals surface area contributed by atoms with Gasteiger partial charge < -0.3 is 14.8 Å². The number of halogens is 2. The van der Waals surface area contributed by atoms with Gasteiger partial charge in [-0.25, -0.2) is 4.39 Å². The SMILES string of the molecule is CC(=O)N1CCN(C(=O)c2cc3cc(F)c(Cl)cc3[nH]2)CC1. The smallest absolute Gasteiger partial charge is 0.270 e. The van der Waals surface area contributed by atoms with E-state index in [1.54, 1.807) is 15.9 Å². The van der Waals surface area contributed by atoms with Crippen molar-refractivity contribution < 1.29 is 14.0 Å². The van der Waals surface area contributed by atoms with Crippen LogP contribution in [0.4, 0.5) is 4.39 Å². The number of benzene rings is 1. The predicted molar refractivity (Wildman–Crippen MR) is 81.4 cm³/mol. The van der Waals surface area contributed by atoms with E-state index in [-0.39, 0.29) is 16.8 Å². The van der Waals surface area contributed by atoms with Crippen LogP contribution in [0.25, 0.3) is 10.9 Å². The van der Waals surface area contributed by atoms with Crippen LogP contribution in [0.5, 0.6) is 0 Å². The minimum atomic E-state index is -0.512. The van der Waals surface area contributed by atoms with E-state index in [2.05, 4.69) is 4.98 Å². The molecule has 0 saturated carbocycles. The number of H-pyrrole nitrogens is 1. The summed E-state index contributed by atoms with van der Waals surface area (Å²) in [4.78, 5) is 30.1. The Bertz CT molecular complexity index is 712. The lowest BCUT2D eigenvalue weighted by Crippen LogP contribution is -2.50. The molecule has 1 aromatic carbocycles. The summed E-state index contributed by atoms with van der Waals surface area (Å²) in [6.07, 6.45) is 0. The molecule has 0 aliphatic carbocycles. The largest absolute Gasteiger partial charge is 0.350 e. The van der Waals surface area contributed by atoms with Crippen LogP contribution in [0.15, 0.2) is 18.2 Å². The average molecular weight is 324 g/mol. The second kappa shape index (κ2) is 5.61. The predicted octanol–water partition coefficient (Wildman–Crippen LogP) is 2.26. The number of carbonyl (C=O) groups is 2. The van der Waals surface area contributed by atoms with Gasteiger partial charge in [-0.1, -0.05) is 11.6 Å². The van der Waals surface area contributed by atoms with E-state index < -0.39 is 5.82 Å². The second-order valence-corrected chi connectivity index (χ2v) is 5.74. The fourth-order valence-electron chi connectivity index (χ4n) is 2.64. The molecule has 1 aromatic heterocycles. The minimum absolute atomic E-state index is 0.0165. The fourth-order valence-corrected chi connectivity index (χ4v) is 2.80. The second-order valence-electron chi connectivity index (χ2n) is 5.33. The first-order valence-corrected chi connectivity index (χ1v) is 7.36. The van der Waals surface area contributed by atoms with Crippen LogP contribution in [0, 0.1) is 5.82 Å². The third-order valence-electron chi connectivity index (χ3n) is 3.90. The Balaban J connectivity index is 1.79. The quantitative estimate of drug-likeness (QED) is 0.875. The first-order valence-electron chi connectivity index (χ1n) is 6.98. The number of hydrogen-bond acceptors (Lipinski definition) is 2. The molecule has 0 radical (unpaired) electrons. The summed E-state index contributed by atoms with van der Waals surface area (Å²) in [7, 11) is 0. The van der Waals surface area contributed by atoms with Gasteiger partial charge in [-0.05, 0) is 18.2 Å². The topological polar surface area (TPSA) is 56.4 Å². The molecular formula is C15H15ClFN3O2. The first kappa shape index (κ1) is 14.8. The van der Waals surface area contributed by atoms with Gasteiger partial charge in [0.15, 0.2) is 0 Å². The van der Waals surface area contributed by atoms with Crippen molar-refractivity contribution in [1.82, 2.24) is 14.8 Å². The number of rotatable bonds is 1. The lowest BCUT2D eigenvalue weighted by Gasteiger charge is -2.33. The molecule has 0 bridgehead atoms. The fraction of sp³-hybridized carbons (Fsp3) is 0.333. The number of hydrogen-bond donors (Lipinski definition) is 1. The summed E-state index contributed by atoms with van der Waals surface area (Å²) in [6, 6.07) is 4.39. The van der Waals surface area contributed by atoms with E-state index in [1.807, 2.05) is 0 Å². The molecule has 1 aliphatic rings. The van der Waals surface area contributed by atoms with Gasteiger partial charge in [0.25, 0.3) is 5.91 Å². The van der Waals surface area contributed by atoms with Gasteiger partial charge in [0.1, 0.15) is 11.5 Å². The maximum Gasteiger partial charge on any atom is 0.270 e. The van der Waals surface area contributed by atoms with E-state index in [0.717, 1.165) is 0 Å². The monoisotopic (exact) mass is 323 g/mol. The van der Waals surface area contributed by atoms with Crippen molar-refractivity contribution in [3.8, 4) is 0 Å². The maximum atomic E-state index is 13.5. The Hall–Kier alpha value is -2.08. The molecule has 116 valence electrons. The number of carbonyl (C=O) groups excluding carboxylic acids is 2. The van der Waals surface area contributed by atoms with Crippen molar-refractivity contribution in [2.75, 3.05) is 26.2 Å². The highest BCUT2D eigenvalue weighted by atomic mass is 35.5. The minimum Gasteiger partial charge on any atom is -0.350 e. The van der Waals surface area contributed by atoms with Gasteiger partial charge in [0.05, 0.1) is 5.02 Å². The normalized spacial score (nSPS) is 15.4. The van der Waals surface area contributed by atoms with E-state index in [0.29, 0.717) is 42.8 Å². The molecule has 2 amide bonds. The average Bonchev–Trinajstić information content (AvgIpc) is 2.90. The van der Waals surface area contributed by atoms with Crippen LogP contribution in [0.1, 0.15) is 17.4 Å². The van der Waals surface area contributed by atoms with Crippen LogP contribution < -0.4 is 0 Å². The Morgan fingerprint density at radius 2 is 1.77 bits per heavy atom. The van der Waals surface area contributed by atoms with E-state index in [1.165, 1.54) is 19.1 Å². The number of fused-ring (bicyclic) bond motifs is 1. The molecule has 0 spiro atoms. The zero-order valence-corrected chi connectivity index (χ0v) is 12.8. The van der Waals surface area contributed by atoms with Crippen LogP contribution in [0.2, 0.25) is 5.02 Å². The molecule has 5 nitrogen and oxygen atoms in total. The van der Waals surface area contributed by atoms with Gasteiger partial charge in [0.2, 0.25) is 5.91 Å². The molecule has 1 fully saturated rings. The summed E-state index contributed by atoms with van der Waals surface area (Å²) in [5, 5.41) is 0.621. The van der Waals surface area contributed by atoms with Gasteiger partial charge in [-0.2, -0.15) is 0 Å². The third kappa shape index (κ3) is 2.66. The summed E-state index contributed by atoms with van der Waals surface area (Å²) in [6.45, 7) is 3.56. The Morgan fingerprint density at radius 3 is 2.41 bits per heavy atom. The van der Waals surface area contributed by atoms with Crippen molar-refractivity contribution in [2.45, 2.75) is 6.92 Å². The number of nitrogens with one attached hydrogen (secondary N) is 1. The van der Waals surface area contributed by atoms with Crippen molar-refractivity contribution in [2.24, 2.45) is 0 Å². The molecule has 1 saturated heterocycles. The molecule has 2 aromatic rings. The zero-order valence-electron chi connectivity index (χ0n) is 12.0. The van der Waals surface area contributed by atoms with Gasteiger partial charge in [-0.15, -0.1) is 0 Å². The molecule has 1 aliphatic heterocycles. The highest BCUT2D eigenvalue weighted by Crippen LogP contribution is 2.24. The number of amides is 2. The third-order valence-corrected chi connectivity index (χ3v) is 4.19. The number of piperazine rings is 1. The van der Waals surface area contributed by atoms with Gasteiger partial charge in [-0.3, -0.25) is 9.59 Å². The molecular weight excluding hydrogens is 309 g/mol. The number of nitrogens with zero attached hydrogens (tertiary/aromatic N) is 2. The van der Waals surface area contributed by atoms with Crippen LogP contribution in [-0.2, 0) is 4.79 Å². The molecule has 1 N–H and O–H groups in total. The molecule has 0 atom stereocenters. The lowest BCUT2D eigenvalue weighted by atomic mass is 10.2. The zero-order chi connectivity index (χ0) is 15.9. The summed E-state index contributed by atoms with van der Waals surface area (Å²) in [5.74, 6) is -0.652. The van der Waals surface area contributed by atoms with Gasteiger partial charge in [0, 0.05) is 44.0 Å². The molecule has 0 unspecified atom stereocenters. The maximum absolute atomic E-state index is 13.5.